The van der Waals surface area contributed by atoms with Crippen LogP contribution in [0.25, 0.3) is 0 Å². The molecule has 0 fully saturated rings. The SMILES string of the molecule is CC(C)C(N)=O.CCC(C)CC(C)(CC)CC(=O)NCC(=O)N[C@@H](Cc1ccccc1)C(=O)NC(C)C.Cc1ccccc1.[HH].[HH].[HH].[HH].[Y]. The Balaban J connectivity index is -0.000000216. The molecule has 0 saturated heterocycles. The second-order valence-corrected chi connectivity index (χ2v) is 12.5. The molecule has 0 aliphatic carbocycles. The molecule has 2 aromatic rings. The smallest absolute Gasteiger partial charge is 0.243 e. The number of carbonyl (C=O) groups excluding carboxylic acids is 4. The van der Waals surface area contributed by atoms with Crippen LogP contribution in [0.1, 0.15) is 97.9 Å². The number of aryl methyl sites for hydroxylation is 1. The van der Waals surface area contributed by atoms with Crippen LogP contribution >= 0.6 is 0 Å². The zero-order chi connectivity index (χ0) is 33.7. The minimum Gasteiger partial charge on any atom is -0.369 e. The van der Waals surface area contributed by atoms with E-state index in [4.69, 9.17) is 5.73 Å². The Bertz CT molecular complexity index is 1130. The quantitative estimate of drug-likeness (QED) is 0.174. The zero-order valence-corrected chi connectivity index (χ0v) is 32.0. The summed E-state index contributed by atoms with van der Waals surface area (Å²) in [5, 5.41) is 8.36. The fourth-order valence-corrected chi connectivity index (χ4v) is 4.18. The van der Waals surface area contributed by atoms with E-state index in [1.807, 2.05) is 62.4 Å². The minimum atomic E-state index is -0.694. The van der Waals surface area contributed by atoms with Crippen molar-refractivity contribution in [3.63, 3.8) is 0 Å². The number of hydrogen-bond donors (Lipinski definition) is 4. The third-order valence-corrected chi connectivity index (χ3v) is 7.30. The first kappa shape index (κ1) is 44.5. The van der Waals surface area contributed by atoms with Crippen molar-refractivity contribution in [3.05, 3.63) is 71.8 Å². The Morgan fingerprint density at radius 2 is 1.36 bits per heavy atom. The van der Waals surface area contributed by atoms with Crippen LogP contribution in [0.4, 0.5) is 0 Å². The molecule has 0 heterocycles. The van der Waals surface area contributed by atoms with Gasteiger partial charge in [-0.25, -0.2) is 0 Å². The summed E-state index contributed by atoms with van der Waals surface area (Å²) in [7, 11) is 0. The van der Waals surface area contributed by atoms with Gasteiger partial charge in [0.05, 0.1) is 6.54 Å². The summed E-state index contributed by atoms with van der Waals surface area (Å²) in [6.45, 7) is 17.8. The Hall–Kier alpha value is -2.58. The molecule has 8 nitrogen and oxygen atoms in total. The Morgan fingerprint density at radius 3 is 1.76 bits per heavy atom. The maximum Gasteiger partial charge on any atom is 0.243 e. The van der Waals surface area contributed by atoms with E-state index in [1.54, 1.807) is 13.8 Å². The van der Waals surface area contributed by atoms with Gasteiger partial charge in [-0.2, -0.15) is 0 Å². The molecule has 5 N–H and O–H groups in total. The van der Waals surface area contributed by atoms with Crippen molar-refractivity contribution in [2.75, 3.05) is 6.54 Å². The summed E-state index contributed by atoms with van der Waals surface area (Å²) < 4.78 is 0. The average Bonchev–Trinajstić information content (AvgIpc) is 2.96. The van der Waals surface area contributed by atoms with Gasteiger partial charge in [0.25, 0.3) is 0 Å². The first-order valence-corrected chi connectivity index (χ1v) is 15.8. The van der Waals surface area contributed by atoms with Crippen LogP contribution in [0.2, 0.25) is 0 Å². The molecule has 2 unspecified atom stereocenters. The van der Waals surface area contributed by atoms with Crippen molar-refractivity contribution in [3.8, 4) is 0 Å². The standard InChI is InChI=1S/C25H41N3O3.C7H8.C4H9NO.Y.4H2/c1-7-19(5)15-25(6,8-2)16-22(29)26-17-23(30)28-21(24(31)27-18(3)4)14-20-12-10-9-11-13-20;1-7-5-3-2-4-6-7;1-3(2)4(5)6;;;;;/h9-13,18-19,21H,7-8,14-17H2,1-6H3,(H,26,29)(H,27,31)(H,28,30);2-6H,1H3;3H,1-2H3,(H2,5,6);;4*1H/t19?,21-,25?;;;;;;;/m0......./s1. The maximum absolute atomic E-state index is 12.6. The number of amides is 4. The van der Waals surface area contributed by atoms with Gasteiger partial charge in [-0.15, -0.1) is 0 Å². The van der Waals surface area contributed by atoms with E-state index in [9.17, 15) is 19.2 Å². The average molecular weight is 708 g/mol. The van der Waals surface area contributed by atoms with Crippen LogP contribution in [-0.2, 0) is 58.3 Å². The fraction of sp³-hybridized carbons (Fsp3) is 0.556. The number of nitrogens with one attached hydrogen (secondary N) is 3. The molecule has 0 aliphatic rings. The van der Waals surface area contributed by atoms with E-state index < -0.39 is 6.04 Å². The van der Waals surface area contributed by atoms with E-state index in [-0.39, 0.29) is 86.0 Å². The third kappa shape index (κ3) is 22.6. The summed E-state index contributed by atoms with van der Waals surface area (Å²) in [5.41, 5.74) is 7.00. The van der Waals surface area contributed by atoms with Crippen molar-refractivity contribution >= 4 is 23.6 Å². The number of nitrogens with two attached hydrogens (primary N) is 1. The van der Waals surface area contributed by atoms with Crippen molar-refractivity contribution in [1.29, 1.82) is 0 Å². The number of hydrogen-bond acceptors (Lipinski definition) is 4. The van der Waals surface area contributed by atoms with Crippen molar-refractivity contribution in [1.82, 2.24) is 16.0 Å². The van der Waals surface area contributed by atoms with Crippen LogP contribution in [0.15, 0.2) is 60.7 Å². The summed E-state index contributed by atoms with van der Waals surface area (Å²) in [4.78, 5) is 47.5. The van der Waals surface area contributed by atoms with E-state index in [0.717, 1.165) is 24.8 Å². The molecule has 2 rings (SSSR count). The molecule has 0 saturated carbocycles. The van der Waals surface area contributed by atoms with Crippen LogP contribution < -0.4 is 21.7 Å². The molecule has 9 heteroatoms. The Morgan fingerprint density at radius 1 is 0.844 bits per heavy atom. The molecule has 0 aliphatic heterocycles. The molecule has 0 spiro atoms. The van der Waals surface area contributed by atoms with Gasteiger partial charge < -0.3 is 21.7 Å². The maximum atomic E-state index is 12.6. The Kier molecular flexibility index (Phi) is 24.4. The summed E-state index contributed by atoms with van der Waals surface area (Å²) in [6.07, 6.45) is 3.75. The first-order valence-electron chi connectivity index (χ1n) is 15.8. The van der Waals surface area contributed by atoms with Crippen molar-refractivity contribution in [2.45, 2.75) is 107 Å². The second kappa shape index (κ2) is 24.6. The topological polar surface area (TPSA) is 130 Å². The molecule has 257 valence electrons. The second-order valence-electron chi connectivity index (χ2n) is 12.5. The van der Waals surface area contributed by atoms with Gasteiger partial charge in [0, 0.05) is 63.2 Å². The van der Waals surface area contributed by atoms with Crippen LogP contribution in [0, 0.1) is 24.2 Å². The molecule has 4 amide bonds. The van der Waals surface area contributed by atoms with Crippen LogP contribution in [0.5, 0.6) is 0 Å². The molecule has 3 atom stereocenters. The first-order chi connectivity index (χ1) is 20.6. The molecule has 0 aromatic heterocycles. The third-order valence-electron chi connectivity index (χ3n) is 7.30. The largest absolute Gasteiger partial charge is 0.369 e. The summed E-state index contributed by atoms with van der Waals surface area (Å²) in [6, 6.07) is 19.1. The van der Waals surface area contributed by atoms with Crippen molar-refractivity contribution < 1.29 is 57.6 Å². The summed E-state index contributed by atoms with van der Waals surface area (Å²) >= 11 is 0. The Labute approximate surface area is 303 Å². The monoisotopic (exact) mass is 707 g/mol. The number of carbonyl (C=O) groups is 4. The van der Waals surface area contributed by atoms with Crippen LogP contribution in [-0.4, -0.2) is 42.3 Å². The van der Waals surface area contributed by atoms with Gasteiger partial charge in [0.1, 0.15) is 6.04 Å². The fourth-order valence-electron chi connectivity index (χ4n) is 4.18. The predicted octanol–water partition coefficient (Wildman–Crippen LogP) is 6.70. The zero-order valence-electron chi connectivity index (χ0n) is 29.1. The predicted molar refractivity (Wildman–Crippen MR) is 189 cm³/mol. The van der Waals surface area contributed by atoms with E-state index in [1.165, 1.54) is 5.56 Å². The van der Waals surface area contributed by atoms with E-state index >= 15 is 0 Å². The molecule has 0 bridgehead atoms. The summed E-state index contributed by atoms with van der Waals surface area (Å²) in [5.74, 6) is -0.424. The van der Waals surface area contributed by atoms with E-state index in [2.05, 4.69) is 62.7 Å². The molecular formula is C36H66N4O4Y. The molecule has 45 heavy (non-hydrogen) atoms. The molecule has 1 radical (unpaired) electrons. The molecule has 2 aromatic carbocycles. The van der Waals surface area contributed by atoms with Gasteiger partial charge in [-0.1, -0.05) is 121 Å². The normalized spacial score (nSPS) is 12.9. The number of rotatable bonds is 14. The van der Waals surface area contributed by atoms with Crippen molar-refractivity contribution in [2.24, 2.45) is 23.0 Å². The van der Waals surface area contributed by atoms with Gasteiger partial charge >= 0.3 is 0 Å². The number of primary amides is 1. The van der Waals surface area contributed by atoms with Gasteiger partial charge in [-0.3, -0.25) is 19.2 Å². The van der Waals surface area contributed by atoms with E-state index in [0.29, 0.717) is 18.8 Å². The molecular weight excluding hydrogens is 641 g/mol. The van der Waals surface area contributed by atoms with Crippen LogP contribution in [0.3, 0.4) is 0 Å². The van der Waals surface area contributed by atoms with Gasteiger partial charge in [0.15, 0.2) is 0 Å². The van der Waals surface area contributed by atoms with Gasteiger partial charge in [0.2, 0.25) is 23.6 Å². The number of benzene rings is 2. The minimum absolute atomic E-state index is 0. The van der Waals surface area contributed by atoms with Gasteiger partial charge in [-0.05, 0) is 44.1 Å².